The quantitative estimate of drug-likeness (QED) is 0.835. The van der Waals surface area contributed by atoms with Crippen LogP contribution in [0.5, 0.6) is 0 Å². The van der Waals surface area contributed by atoms with Crippen LogP contribution in [0.25, 0.3) is 0 Å². The Bertz CT molecular complexity index is 567. The molecule has 0 bridgehead atoms. The summed E-state index contributed by atoms with van der Waals surface area (Å²) in [5, 5.41) is 4.26. The van der Waals surface area contributed by atoms with Gasteiger partial charge in [-0.1, -0.05) is 6.07 Å². The van der Waals surface area contributed by atoms with Crippen LogP contribution < -0.4 is 0 Å². The Morgan fingerprint density at radius 3 is 2.64 bits per heavy atom. The first-order chi connectivity index (χ1) is 10.8. The summed E-state index contributed by atoms with van der Waals surface area (Å²) < 4.78 is 1.98. The number of aromatic nitrogens is 4. The van der Waals surface area contributed by atoms with E-state index >= 15 is 0 Å². The molecule has 0 amide bonds. The third kappa shape index (κ3) is 3.90. The fraction of sp³-hybridized carbons (Fsp3) is 0.562. The lowest BCUT2D eigenvalue weighted by Crippen LogP contribution is -2.31. The van der Waals surface area contributed by atoms with E-state index in [1.165, 1.54) is 12.0 Å². The first-order valence-electron chi connectivity index (χ1n) is 8.05. The van der Waals surface area contributed by atoms with Crippen molar-refractivity contribution in [2.24, 2.45) is 0 Å². The zero-order chi connectivity index (χ0) is 15.2. The predicted octanol–water partition coefficient (Wildman–Crippen LogP) is 1.40. The minimum absolute atomic E-state index is 0.885. The van der Waals surface area contributed by atoms with Crippen LogP contribution in [-0.2, 0) is 19.6 Å². The standard InChI is InChI=1S/C16H24N6/c1-2-22-16(18-14-19-22)13-21-8-4-7-20(9-10-21)12-15-5-3-6-17-11-15/h3,5-6,11,14H,2,4,7-10,12-13H2,1H3. The maximum absolute atomic E-state index is 4.39. The highest BCUT2D eigenvalue weighted by Crippen LogP contribution is 2.10. The molecular weight excluding hydrogens is 276 g/mol. The maximum atomic E-state index is 4.39. The third-order valence-electron chi connectivity index (χ3n) is 4.17. The van der Waals surface area contributed by atoms with Crippen LogP contribution in [-0.4, -0.2) is 55.7 Å². The summed E-state index contributed by atoms with van der Waals surface area (Å²) in [7, 11) is 0. The van der Waals surface area contributed by atoms with E-state index < -0.39 is 0 Å². The molecule has 2 aromatic rings. The first kappa shape index (κ1) is 15.1. The van der Waals surface area contributed by atoms with Gasteiger partial charge in [0.25, 0.3) is 0 Å². The van der Waals surface area contributed by atoms with E-state index in [0.717, 1.165) is 51.6 Å². The molecule has 0 aromatic carbocycles. The fourth-order valence-electron chi connectivity index (χ4n) is 2.97. The van der Waals surface area contributed by atoms with Gasteiger partial charge in [-0.25, -0.2) is 9.67 Å². The van der Waals surface area contributed by atoms with Crippen LogP contribution in [0, 0.1) is 0 Å². The summed E-state index contributed by atoms with van der Waals surface area (Å²) in [6.45, 7) is 9.33. The smallest absolute Gasteiger partial charge is 0.140 e. The summed E-state index contributed by atoms with van der Waals surface area (Å²) in [4.78, 5) is 13.6. The molecule has 0 saturated carbocycles. The van der Waals surface area contributed by atoms with Crippen molar-refractivity contribution in [1.29, 1.82) is 0 Å². The number of pyridine rings is 1. The maximum Gasteiger partial charge on any atom is 0.140 e. The highest BCUT2D eigenvalue weighted by molar-refractivity contribution is 5.08. The van der Waals surface area contributed by atoms with E-state index in [1.54, 1.807) is 6.33 Å². The molecular formula is C16H24N6. The van der Waals surface area contributed by atoms with Gasteiger partial charge in [0.1, 0.15) is 12.2 Å². The second kappa shape index (κ2) is 7.47. The molecule has 6 heteroatoms. The molecule has 0 N–H and O–H groups in total. The molecule has 0 radical (unpaired) electrons. The first-order valence-corrected chi connectivity index (χ1v) is 8.05. The van der Waals surface area contributed by atoms with Crippen molar-refractivity contribution < 1.29 is 0 Å². The molecule has 3 rings (SSSR count). The third-order valence-corrected chi connectivity index (χ3v) is 4.17. The molecule has 2 aromatic heterocycles. The van der Waals surface area contributed by atoms with Gasteiger partial charge in [-0.2, -0.15) is 5.10 Å². The summed E-state index contributed by atoms with van der Waals surface area (Å²) in [5.74, 6) is 1.07. The fourth-order valence-corrected chi connectivity index (χ4v) is 2.97. The van der Waals surface area contributed by atoms with E-state index in [1.807, 2.05) is 23.1 Å². The Morgan fingerprint density at radius 1 is 1.09 bits per heavy atom. The summed E-state index contributed by atoms with van der Waals surface area (Å²) in [6, 6.07) is 4.16. The second-order valence-corrected chi connectivity index (χ2v) is 5.76. The van der Waals surface area contributed by atoms with Crippen molar-refractivity contribution in [1.82, 2.24) is 29.5 Å². The lowest BCUT2D eigenvalue weighted by Gasteiger charge is -2.21. The number of hydrogen-bond donors (Lipinski definition) is 0. The van der Waals surface area contributed by atoms with Crippen molar-refractivity contribution in [2.75, 3.05) is 26.2 Å². The normalized spacial score (nSPS) is 17.5. The van der Waals surface area contributed by atoms with Crippen LogP contribution in [0.1, 0.15) is 24.7 Å². The average molecular weight is 300 g/mol. The Labute approximate surface area is 131 Å². The number of aryl methyl sites for hydroxylation is 1. The average Bonchev–Trinajstić information content (AvgIpc) is 2.88. The van der Waals surface area contributed by atoms with E-state index in [-0.39, 0.29) is 0 Å². The van der Waals surface area contributed by atoms with E-state index in [0.29, 0.717) is 0 Å². The Kier molecular flexibility index (Phi) is 5.13. The summed E-state index contributed by atoms with van der Waals surface area (Å²) >= 11 is 0. The van der Waals surface area contributed by atoms with Crippen molar-refractivity contribution >= 4 is 0 Å². The van der Waals surface area contributed by atoms with Crippen LogP contribution >= 0.6 is 0 Å². The Hall–Kier alpha value is -1.79. The molecule has 1 saturated heterocycles. The molecule has 0 unspecified atom stereocenters. The Morgan fingerprint density at radius 2 is 1.91 bits per heavy atom. The molecule has 6 nitrogen and oxygen atoms in total. The summed E-state index contributed by atoms with van der Waals surface area (Å²) in [5.41, 5.74) is 1.29. The van der Waals surface area contributed by atoms with Crippen LogP contribution in [0.3, 0.4) is 0 Å². The van der Waals surface area contributed by atoms with Gasteiger partial charge in [-0.3, -0.25) is 14.8 Å². The van der Waals surface area contributed by atoms with Gasteiger partial charge in [0.15, 0.2) is 0 Å². The number of rotatable bonds is 5. The van der Waals surface area contributed by atoms with Gasteiger partial charge in [0.2, 0.25) is 0 Å². The second-order valence-electron chi connectivity index (χ2n) is 5.76. The number of hydrogen-bond acceptors (Lipinski definition) is 5. The highest BCUT2D eigenvalue weighted by Gasteiger charge is 2.17. The Balaban J connectivity index is 1.54. The van der Waals surface area contributed by atoms with E-state index in [2.05, 4.69) is 37.9 Å². The van der Waals surface area contributed by atoms with Crippen LogP contribution in [0.4, 0.5) is 0 Å². The van der Waals surface area contributed by atoms with E-state index in [4.69, 9.17) is 0 Å². The lowest BCUT2D eigenvalue weighted by molar-refractivity contribution is 0.241. The largest absolute Gasteiger partial charge is 0.298 e. The topological polar surface area (TPSA) is 50.1 Å². The van der Waals surface area contributed by atoms with Crippen molar-refractivity contribution in [3.8, 4) is 0 Å². The molecule has 0 atom stereocenters. The molecule has 22 heavy (non-hydrogen) atoms. The van der Waals surface area contributed by atoms with Gasteiger partial charge in [-0.05, 0) is 38.1 Å². The van der Waals surface area contributed by atoms with Crippen LogP contribution in [0.15, 0.2) is 30.9 Å². The molecule has 1 aliphatic rings. The predicted molar refractivity (Wildman–Crippen MR) is 85.1 cm³/mol. The minimum atomic E-state index is 0.885. The van der Waals surface area contributed by atoms with Gasteiger partial charge in [-0.15, -0.1) is 0 Å². The zero-order valence-corrected chi connectivity index (χ0v) is 13.2. The molecule has 3 heterocycles. The van der Waals surface area contributed by atoms with Gasteiger partial charge >= 0.3 is 0 Å². The lowest BCUT2D eigenvalue weighted by atomic mass is 10.2. The molecule has 1 fully saturated rings. The molecule has 1 aliphatic heterocycles. The molecule has 0 spiro atoms. The molecule has 118 valence electrons. The van der Waals surface area contributed by atoms with Crippen molar-refractivity contribution in [2.45, 2.75) is 33.0 Å². The van der Waals surface area contributed by atoms with Crippen molar-refractivity contribution in [3.05, 3.63) is 42.2 Å². The molecule has 0 aliphatic carbocycles. The van der Waals surface area contributed by atoms with Gasteiger partial charge < -0.3 is 0 Å². The van der Waals surface area contributed by atoms with Gasteiger partial charge in [0.05, 0.1) is 6.54 Å². The zero-order valence-electron chi connectivity index (χ0n) is 13.2. The highest BCUT2D eigenvalue weighted by atomic mass is 15.3. The monoisotopic (exact) mass is 300 g/mol. The minimum Gasteiger partial charge on any atom is -0.298 e. The van der Waals surface area contributed by atoms with Crippen molar-refractivity contribution in [3.63, 3.8) is 0 Å². The van der Waals surface area contributed by atoms with E-state index in [9.17, 15) is 0 Å². The van der Waals surface area contributed by atoms with Gasteiger partial charge in [0, 0.05) is 38.6 Å². The SMILES string of the molecule is CCn1ncnc1CN1CCCN(Cc2cccnc2)CC1. The number of nitrogens with zero attached hydrogens (tertiary/aromatic N) is 6. The summed E-state index contributed by atoms with van der Waals surface area (Å²) in [6.07, 6.45) is 6.65. The van der Waals surface area contributed by atoms with Crippen LogP contribution in [0.2, 0.25) is 0 Å².